The highest BCUT2D eigenvalue weighted by Gasteiger charge is 2.37. The number of hydrogen-bond acceptors (Lipinski definition) is 3. The number of nitrogens with zero attached hydrogens (tertiary/aromatic N) is 1. The van der Waals surface area contributed by atoms with Crippen molar-refractivity contribution in [2.45, 2.75) is 24.8 Å². The van der Waals surface area contributed by atoms with Crippen LogP contribution in [0.4, 0.5) is 0 Å². The second-order valence-electron chi connectivity index (χ2n) is 7.47. The van der Waals surface area contributed by atoms with Crippen molar-refractivity contribution >= 4 is 5.91 Å². The van der Waals surface area contributed by atoms with Gasteiger partial charge in [0.1, 0.15) is 0 Å². The number of carbonyl (C=O) groups is 1. The molecule has 3 rings (SSSR count). The monoisotopic (exact) mass is 365 g/mol. The van der Waals surface area contributed by atoms with E-state index in [0.29, 0.717) is 6.54 Å². The molecule has 2 aromatic rings. The Balaban J connectivity index is 1.67. The number of rotatable bonds is 7. The zero-order chi connectivity index (χ0) is 19.1. The summed E-state index contributed by atoms with van der Waals surface area (Å²) in [5.41, 5.74) is 2.50. The Hall–Kier alpha value is -2.17. The van der Waals surface area contributed by atoms with Crippen molar-refractivity contribution in [3.05, 3.63) is 71.8 Å². The van der Waals surface area contributed by atoms with Gasteiger partial charge in [-0.05, 0) is 44.5 Å². The summed E-state index contributed by atoms with van der Waals surface area (Å²) < 4.78 is 0. The van der Waals surface area contributed by atoms with Crippen LogP contribution in [0.3, 0.4) is 0 Å². The Morgan fingerprint density at radius 2 is 1.59 bits per heavy atom. The molecule has 1 saturated heterocycles. The maximum atomic E-state index is 13.2. The van der Waals surface area contributed by atoms with Gasteiger partial charge in [0.15, 0.2) is 0 Å². The lowest BCUT2D eigenvalue weighted by Crippen LogP contribution is -2.53. The number of benzene rings is 2. The molecule has 1 unspecified atom stereocenters. The molecule has 1 fully saturated rings. The zero-order valence-corrected chi connectivity index (χ0v) is 16.4. The fourth-order valence-electron chi connectivity index (χ4n) is 4.20. The van der Waals surface area contributed by atoms with Gasteiger partial charge in [-0.1, -0.05) is 60.7 Å². The van der Waals surface area contributed by atoms with Crippen molar-refractivity contribution in [2.24, 2.45) is 5.92 Å². The molecule has 1 heterocycles. The number of hydrogen-bond donors (Lipinski definition) is 2. The Labute approximate surface area is 163 Å². The molecule has 144 valence electrons. The molecule has 2 N–H and O–H groups in total. The van der Waals surface area contributed by atoms with Crippen LogP contribution >= 0.6 is 0 Å². The highest BCUT2D eigenvalue weighted by atomic mass is 16.2. The summed E-state index contributed by atoms with van der Waals surface area (Å²) in [5, 5.41) is 6.74. The van der Waals surface area contributed by atoms with E-state index in [-0.39, 0.29) is 17.4 Å². The highest BCUT2D eigenvalue weighted by Crippen LogP contribution is 2.33. The van der Waals surface area contributed by atoms with E-state index in [1.54, 1.807) is 0 Å². The van der Waals surface area contributed by atoms with Crippen molar-refractivity contribution in [3.8, 4) is 0 Å². The Bertz CT molecular complexity index is 709. The average molecular weight is 366 g/mol. The van der Waals surface area contributed by atoms with Crippen LogP contribution in [0.5, 0.6) is 0 Å². The molecule has 1 aliphatic heterocycles. The number of amides is 1. The molecule has 2 aromatic carbocycles. The van der Waals surface area contributed by atoms with Crippen LogP contribution in [0.2, 0.25) is 0 Å². The van der Waals surface area contributed by atoms with Crippen LogP contribution in [0.25, 0.3) is 0 Å². The lowest BCUT2D eigenvalue weighted by molar-refractivity contribution is -0.137. The van der Waals surface area contributed by atoms with Gasteiger partial charge in [0.05, 0.1) is 5.92 Å². The second-order valence-corrected chi connectivity index (χ2v) is 7.47. The first-order valence-corrected chi connectivity index (χ1v) is 9.90. The average Bonchev–Trinajstić information content (AvgIpc) is 2.74. The minimum atomic E-state index is -0.0318. The smallest absolute Gasteiger partial charge is 0.227 e. The highest BCUT2D eigenvalue weighted by molar-refractivity contribution is 5.79. The molecule has 27 heavy (non-hydrogen) atoms. The van der Waals surface area contributed by atoms with Crippen molar-refractivity contribution in [1.29, 1.82) is 0 Å². The molecule has 0 aromatic heterocycles. The number of piperidine rings is 1. The molecule has 1 aliphatic rings. The summed E-state index contributed by atoms with van der Waals surface area (Å²) in [7, 11) is 3.95. The third-order valence-electron chi connectivity index (χ3n) is 5.86. The third kappa shape index (κ3) is 4.57. The Morgan fingerprint density at radius 1 is 1.00 bits per heavy atom. The number of carbonyl (C=O) groups excluding carboxylic acids is 1. The van der Waals surface area contributed by atoms with Crippen LogP contribution in [-0.2, 0) is 16.8 Å². The summed E-state index contributed by atoms with van der Waals surface area (Å²) in [6.07, 6.45) is 2.67. The SMILES string of the molecule is CNCC(Cc1ccccc1)C(=O)N1CCC(NC)(c2ccccc2)CC1. The van der Waals surface area contributed by atoms with E-state index in [1.165, 1.54) is 11.1 Å². The van der Waals surface area contributed by atoms with Crippen LogP contribution in [0.1, 0.15) is 24.0 Å². The Kier molecular flexibility index (Phi) is 6.64. The van der Waals surface area contributed by atoms with Crippen LogP contribution < -0.4 is 10.6 Å². The molecule has 0 radical (unpaired) electrons. The van der Waals surface area contributed by atoms with Gasteiger partial charge in [0.25, 0.3) is 0 Å². The van der Waals surface area contributed by atoms with Gasteiger partial charge in [0.2, 0.25) is 5.91 Å². The van der Waals surface area contributed by atoms with Gasteiger partial charge >= 0.3 is 0 Å². The predicted octanol–water partition coefficient (Wildman–Crippen LogP) is 2.80. The van der Waals surface area contributed by atoms with E-state index < -0.39 is 0 Å². The maximum Gasteiger partial charge on any atom is 0.227 e. The van der Waals surface area contributed by atoms with Crippen LogP contribution in [0.15, 0.2) is 60.7 Å². The van der Waals surface area contributed by atoms with Gasteiger partial charge in [-0.15, -0.1) is 0 Å². The van der Waals surface area contributed by atoms with Crippen molar-refractivity contribution in [3.63, 3.8) is 0 Å². The second kappa shape index (κ2) is 9.16. The molecule has 0 spiro atoms. The van der Waals surface area contributed by atoms with Gasteiger partial charge in [0, 0.05) is 25.2 Å². The largest absolute Gasteiger partial charge is 0.342 e. The van der Waals surface area contributed by atoms with Crippen LogP contribution in [0, 0.1) is 5.92 Å². The predicted molar refractivity (Wildman–Crippen MR) is 111 cm³/mol. The first-order valence-electron chi connectivity index (χ1n) is 9.90. The topological polar surface area (TPSA) is 44.4 Å². The third-order valence-corrected chi connectivity index (χ3v) is 5.86. The maximum absolute atomic E-state index is 13.2. The van der Waals surface area contributed by atoms with Crippen LogP contribution in [-0.4, -0.2) is 44.5 Å². The standard InChI is InChI=1S/C23H31N3O/c1-24-18-20(17-19-9-5-3-6-10-19)22(27)26-15-13-23(25-2,14-16-26)21-11-7-4-8-12-21/h3-12,20,24-25H,13-18H2,1-2H3. The summed E-state index contributed by atoms with van der Waals surface area (Å²) in [5.74, 6) is 0.252. The first-order chi connectivity index (χ1) is 13.2. The lowest BCUT2D eigenvalue weighted by Gasteiger charge is -2.43. The van der Waals surface area contributed by atoms with Gasteiger partial charge < -0.3 is 15.5 Å². The quantitative estimate of drug-likeness (QED) is 0.793. The summed E-state index contributed by atoms with van der Waals surface area (Å²) in [6.45, 7) is 2.30. The van der Waals surface area contributed by atoms with Crippen molar-refractivity contribution < 1.29 is 4.79 Å². The molecule has 4 heteroatoms. The van der Waals surface area contributed by atoms with E-state index >= 15 is 0 Å². The van der Waals surface area contributed by atoms with E-state index in [2.05, 4.69) is 58.0 Å². The molecule has 0 bridgehead atoms. The first kappa shape index (κ1) is 19.6. The number of likely N-dealkylation sites (tertiary alicyclic amines) is 1. The molecule has 1 atom stereocenters. The number of nitrogens with one attached hydrogen (secondary N) is 2. The van der Waals surface area contributed by atoms with Gasteiger partial charge in [-0.25, -0.2) is 0 Å². The van der Waals surface area contributed by atoms with E-state index in [9.17, 15) is 4.79 Å². The molecule has 4 nitrogen and oxygen atoms in total. The summed E-state index contributed by atoms with van der Waals surface area (Å²) >= 11 is 0. The zero-order valence-electron chi connectivity index (χ0n) is 16.4. The van der Waals surface area contributed by atoms with Crippen molar-refractivity contribution in [2.75, 3.05) is 33.7 Å². The summed E-state index contributed by atoms with van der Waals surface area (Å²) in [6, 6.07) is 20.9. The van der Waals surface area contributed by atoms with Gasteiger partial charge in [-0.3, -0.25) is 4.79 Å². The summed E-state index contributed by atoms with van der Waals surface area (Å²) in [4.78, 5) is 15.3. The minimum Gasteiger partial charge on any atom is -0.342 e. The fourth-order valence-corrected chi connectivity index (χ4v) is 4.20. The molecule has 0 aliphatic carbocycles. The van der Waals surface area contributed by atoms with Crippen molar-refractivity contribution in [1.82, 2.24) is 15.5 Å². The minimum absolute atomic E-state index is 0.0174. The lowest BCUT2D eigenvalue weighted by atomic mass is 9.80. The molecule has 1 amide bonds. The normalized spacial score (nSPS) is 17.5. The Morgan fingerprint density at radius 3 is 2.15 bits per heavy atom. The molecular weight excluding hydrogens is 334 g/mol. The van der Waals surface area contributed by atoms with E-state index in [4.69, 9.17) is 0 Å². The molecular formula is C23H31N3O. The fraction of sp³-hybridized carbons (Fsp3) is 0.435. The van der Waals surface area contributed by atoms with E-state index in [0.717, 1.165) is 32.4 Å². The van der Waals surface area contributed by atoms with Gasteiger partial charge in [-0.2, -0.15) is 0 Å². The van der Waals surface area contributed by atoms with E-state index in [1.807, 2.05) is 32.3 Å². The molecule has 0 saturated carbocycles.